The van der Waals surface area contributed by atoms with Crippen molar-refractivity contribution in [2.24, 2.45) is 5.73 Å². The molecule has 1 rings (SSSR count). The first-order valence-corrected chi connectivity index (χ1v) is 5.22. The number of rotatable bonds is 3. The molecule has 1 amide bonds. The lowest BCUT2D eigenvalue weighted by Gasteiger charge is -2.02. The van der Waals surface area contributed by atoms with Gasteiger partial charge >= 0.3 is 0 Å². The zero-order valence-electron chi connectivity index (χ0n) is 6.59. The van der Waals surface area contributed by atoms with Crippen LogP contribution < -0.4 is 5.73 Å². The fourth-order valence-electron chi connectivity index (χ4n) is 1.08. The molecule has 0 aliphatic heterocycles. The Balaban J connectivity index is 3.00. The Hall–Kier alpha value is -0.580. The number of primary amides is 1. The third-order valence-electron chi connectivity index (χ3n) is 1.65. The summed E-state index contributed by atoms with van der Waals surface area (Å²) in [6.45, 7) is 0. The van der Waals surface area contributed by atoms with Gasteiger partial charge in [0.15, 0.2) is 0 Å². The Morgan fingerprint density at radius 1 is 1.42 bits per heavy atom. The summed E-state index contributed by atoms with van der Waals surface area (Å²) < 4.78 is 1.00. The molecule has 1 aromatic rings. The number of nitrogens with two attached hydrogens (primary N) is 1. The van der Waals surface area contributed by atoms with Crippen molar-refractivity contribution >= 4 is 28.5 Å². The van der Waals surface area contributed by atoms with Gasteiger partial charge in [0.2, 0.25) is 5.91 Å². The van der Waals surface area contributed by atoms with E-state index in [1.165, 1.54) is 0 Å². The van der Waals surface area contributed by atoms with Crippen LogP contribution in [-0.4, -0.2) is 10.3 Å². The number of benzene rings is 1. The number of carbonyl (C=O) groups is 1. The first-order chi connectivity index (χ1) is 5.75. The molecule has 12 heavy (non-hydrogen) atoms. The minimum absolute atomic E-state index is 0.338. The van der Waals surface area contributed by atoms with Crippen LogP contribution in [0.4, 0.5) is 0 Å². The maximum absolute atomic E-state index is 10.9. The van der Waals surface area contributed by atoms with Gasteiger partial charge in [-0.25, -0.2) is 0 Å². The molecule has 0 spiro atoms. The lowest BCUT2D eigenvalue weighted by Crippen LogP contribution is -2.13. The van der Waals surface area contributed by atoms with Gasteiger partial charge in [0.25, 0.3) is 0 Å². The second kappa shape index (κ2) is 4.45. The number of alkyl halides is 1. The summed E-state index contributed by atoms with van der Waals surface area (Å²) in [4.78, 5) is 10.9. The minimum Gasteiger partial charge on any atom is -0.366 e. The van der Waals surface area contributed by atoms with E-state index in [-0.39, 0.29) is 5.91 Å². The molecule has 0 heterocycles. The Morgan fingerprint density at radius 2 is 2.08 bits per heavy atom. The van der Waals surface area contributed by atoms with E-state index in [2.05, 4.69) is 22.6 Å². The zero-order chi connectivity index (χ0) is 8.97. The topological polar surface area (TPSA) is 43.1 Å². The normalized spacial score (nSPS) is 9.75. The van der Waals surface area contributed by atoms with Gasteiger partial charge in [0.1, 0.15) is 0 Å². The van der Waals surface area contributed by atoms with Crippen molar-refractivity contribution in [3.05, 3.63) is 35.4 Å². The molecule has 0 saturated heterocycles. The van der Waals surface area contributed by atoms with Gasteiger partial charge in [-0.3, -0.25) is 4.79 Å². The Kier molecular flexibility index (Phi) is 3.52. The standard InChI is InChI=1S/C9H10INO/c10-6-5-7-3-1-2-4-8(7)9(11)12/h1-4H,5-6H2,(H2,11,12). The van der Waals surface area contributed by atoms with Gasteiger partial charge < -0.3 is 5.73 Å². The molecule has 3 heteroatoms. The van der Waals surface area contributed by atoms with E-state index in [1.807, 2.05) is 18.2 Å². The Labute approximate surface area is 85.3 Å². The van der Waals surface area contributed by atoms with Crippen LogP contribution in [0.2, 0.25) is 0 Å². The van der Waals surface area contributed by atoms with Crippen LogP contribution in [-0.2, 0) is 6.42 Å². The van der Waals surface area contributed by atoms with E-state index in [0.717, 1.165) is 16.4 Å². The summed E-state index contributed by atoms with van der Waals surface area (Å²) in [5.74, 6) is -0.338. The molecule has 0 saturated carbocycles. The highest BCUT2D eigenvalue weighted by Crippen LogP contribution is 2.09. The number of aryl methyl sites for hydroxylation is 1. The number of hydrogen-bond acceptors (Lipinski definition) is 1. The molecule has 0 unspecified atom stereocenters. The first-order valence-electron chi connectivity index (χ1n) is 3.69. The second-order valence-corrected chi connectivity index (χ2v) is 3.54. The van der Waals surface area contributed by atoms with Gasteiger partial charge in [0.05, 0.1) is 0 Å². The molecule has 0 bridgehead atoms. The monoisotopic (exact) mass is 275 g/mol. The van der Waals surface area contributed by atoms with E-state index in [9.17, 15) is 4.79 Å². The van der Waals surface area contributed by atoms with Gasteiger partial charge in [0, 0.05) is 9.99 Å². The predicted molar refractivity (Wildman–Crippen MR) is 57.6 cm³/mol. The fourth-order valence-corrected chi connectivity index (χ4v) is 1.66. The van der Waals surface area contributed by atoms with Crippen LogP contribution >= 0.6 is 22.6 Å². The molecule has 2 N–H and O–H groups in total. The number of hydrogen-bond donors (Lipinski definition) is 1. The Morgan fingerprint density at radius 3 is 2.67 bits per heavy atom. The van der Waals surface area contributed by atoms with Crippen molar-refractivity contribution in [1.29, 1.82) is 0 Å². The van der Waals surface area contributed by atoms with Crippen molar-refractivity contribution in [3.63, 3.8) is 0 Å². The molecule has 64 valence electrons. The first kappa shape index (κ1) is 9.51. The molecule has 0 radical (unpaired) electrons. The maximum Gasteiger partial charge on any atom is 0.248 e. The van der Waals surface area contributed by atoms with E-state index in [4.69, 9.17) is 5.73 Å². The summed E-state index contributed by atoms with van der Waals surface area (Å²) in [5, 5.41) is 0. The average Bonchev–Trinajstić information content (AvgIpc) is 2.05. The molecule has 1 aromatic carbocycles. The highest BCUT2D eigenvalue weighted by molar-refractivity contribution is 14.1. The fraction of sp³-hybridized carbons (Fsp3) is 0.222. The third-order valence-corrected chi connectivity index (χ3v) is 2.19. The predicted octanol–water partition coefficient (Wildman–Crippen LogP) is 1.76. The van der Waals surface area contributed by atoms with E-state index >= 15 is 0 Å². The third kappa shape index (κ3) is 2.20. The number of carbonyl (C=O) groups excluding carboxylic acids is 1. The van der Waals surface area contributed by atoms with E-state index in [1.54, 1.807) is 6.07 Å². The molecule has 0 aliphatic rings. The minimum atomic E-state index is -0.338. The summed E-state index contributed by atoms with van der Waals surface area (Å²) in [7, 11) is 0. The van der Waals surface area contributed by atoms with Crippen LogP contribution in [0.25, 0.3) is 0 Å². The summed E-state index contributed by atoms with van der Waals surface area (Å²) in [6.07, 6.45) is 0.902. The smallest absolute Gasteiger partial charge is 0.248 e. The largest absolute Gasteiger partial charge is 0.366 e. The molecular formula is C9H10INO. The summed E-state index contributed by atoms with van der Waals surface area (Å²) >= 11 is 2.28. The van der Waals surface area contributed by atoms with Crippen molar-refractivity contribution in [2.45, 2.75) is 6.42 Å². The molecular weight excluding hydrogens is 265 g/mol. The lowest BCUT2D eigenvalue weighted by molar-refractivity contribution is 0.0999. The van der Waals surface area contributed by atoms with Crippen molar-refractivity contribution < 1.29 is 4.79 Å². The second-order valence-electron chi connectivity index (χ2n) is 2.46. The highest BCUT2D eigenvalue weighted by Gasteiger charge is 2.04. The van der Waals surface area contributed by atoms with Gasteiger partial charge in [-0.15, -0.1) is 0 Å². The SMILES string of the molecule is NC(=O)c1ccccc1CCI. The van der Waals surface area contributed by atoms with Crippen molar-refractivity contribution in [1.82, 2.24) is 0 Å². The van der Waals surface area contributed by atoms with Crippen LogP contribution in [0.5, 0.6) is 0 Å². The van der Waals surface area contributed by atoms with Crippen LogP contribution in [0.1, 0.15) is 15.9 Å². The summed E-state index contributed by atoms with van der Waals surface area (Å²) in [5.41, 5.74) is 6.89. The number of amides is 1. The molecule has 0 aliphatic carbocycles. The Bertz CT molecular complexity index is 286. The molecule has 2 nitrogen and oxygen atoms in total. The van der Waals surface area contributed by atoms with Gasteiger partial charge in [-0.2, -0.15) is 0 Å². The van der Waals surface area contributed by atoms with Crippen LogP contribution in [0.15, 0.2) is 24.3 Å². The van der Waals surface area contributed by atoms with Crippen molar-refractivity contribution in [3.8, 4) is 0 Å². The maximum atomic E-state index is 10.9. The van der Waals surface area contributed by atoms with E-state index in [0.29, 0.717) is 5.56 Å². The van der Waals surface area contributed by atoms with Gasteiger partial charge in [-0.05, 0) is 18.1 Å². The zero-order valence-corrected chi connectivity index (χ0v) is 8.74. The molecule has 0 atom stereocenters. The van der Waals surface area contributed by atoms with Crippen LogP contribution in [0.3, 0.4) is 0 Å². The van der Waals surface area contributed by atoms with Crippen LogP contribution in [0, 0.1) is 0 Å². The van der Waals surface area contributed by atoms with E-state index < -0.39 is 0 Å². The van der Waals surface area contributed by atoms with Gasteiger partial charge in [-0.1, -0.05) is 40.8 Å². The molecule has 0 aromatic heterocycles. The number of halogens is 1. The lowest BCUT2D eigenvalue weighted by atomic mass is 10.1. The summed E-state index contributed by atoms with van der Waals surface area (Å²) in [6, 6.07) is 7.47. The molecule has 0 fully saturated rings. The highest BCUT2D eigenvalue weighted by atomic mass is 127. The average molecular weight is 275 g/mol. The quantitative estimate of drug-likeness (QED) is 0.663. The van der Waals surface area contributed by atoms with Crippen molar-refractivity contribution in [2.75, 3.05) is 4.43 Å².